The van der Waals surface area contributed by atoms with Crippen LogP contribution in [0.2, 0.25) is 0 Å². The quantitative estimate of drug-likeness (QED) is 0.0651. The van der Waals surface area contributed by atoms with E-state index in [1.165, 1.54) is 0 Å². The zero-order valence-corrected chi connectivity index (χ0v) is 24.2. The molecule has 0 aromatic carbocycles. The third-order valence-corrected chi connectivity index (χ3v) is 4.73. The molecular formula is C26H36F6O12. The van der Waals surface area contributed by atoms with Crippen LogP contribution < -0.4 is 0 Å². The molecule has 0 amide bonds. The van der Waals surface area contributed by atoms with Crippen LogP contribution in [0.5, 0.6) is 0 Å². The van der Waals surface area contributed by atoms with Crippen LogP contribution in [0.1, 0.15) is 58.8 Å². The van der Waals surface area contributed by atoms with Gasteiger partial charge in [-0.25, -0.2) is 4.79 Å². The summed E-state index contributed by atoms with van der Waals surface area (Å²) in [6.07, 6.45) is -11.1. The fraction of sp³-hybridized carbons (Fsp3) is 0.692. The summed E-state index contributed by atoms with van der Waals surface area (Å²) >= 11 is 0. The Balaban J connectivity index is 0. The lowest BCUT2D eigenvalue weighted by Gasteiger charge is -2.10. The van der Waals surface area contributed by atoms with Crippen molar-refractivity contribution >= 4 is 35.8 Å². The SMILES string of the molecule is C=CC(=O)OCCOC(=O)CCC(=O)OCCC(F)(F)F.CCC(C)C(=O)OCCOC(=O)CCC(=O)OCCC(F)(F)F. The van der Waals surface area contributed by atoms with E-state index in [4.69, 9.17) is 9.47 Å². The van der Waals surface area contributed by atoms with Gasteiger partial charge >= 0.3 is 48.2 Å². The minimum atomic E-state index is -4.40. The summed E-state index contributed by atoms with van der Waals surface area (Å²) in [5, 5.41) is 0. The fourth-order valence-corrected chi connectivity index (χ4v) is 2.22. The smallest absolute Gasteiger partial charge is 0.392 e. The normalized spacial score (nSPS) is 11.5. The van der Waals surface area contributed by atoms with Crippen LogP contribution in [-0.4, -0.2) is 87.8 Å². The summed E-state index contributed by atoms with van der Waals surface area (Å²) in [4.78, 5) is 66.4. The van der Waals surface area contributed by atoms with Gasteiger partial charge < -0.3 is 28.4 Å². The predicted octanol–water partition coefficient (Wildman–Crippen LogP) is 3.93. The predicted molar refractivity (Wildman–Crippen MR) is 135 cm³/mol. The van der Waals surface area contributed by atoms with Gasteiger partial charge in [-0.2, -0.15) is 26.3 Å². The zero-order valence-electron chi connectivity index (χ0n) is 24.2. The second-order valence-corrected chi connectivity index (χ2v) is 8.46. The van der Waals surface area contributed by atoms with Crippen LogP contribution in [0.15, 0.2) is 12.7 Å². The minimum Gasteiger partial charge on any atom is -0.465 e. The van der Waals surface area contributed by atoms with Gasteiger partial charge in [0.1, 0.15) is 26.4 Å². The van der Waals surface area contributed by atoms with Gasteiger partial charge in [0.15, 0.2) is 0 Å². The highest BCUT2D eigenvalue weighted by Crippen LogP contribution is 2.20. The van der Waals surface area contributed by atoms with Crippen molar-refractivity contribution < 1.29 is 83.5 Å². The topological polar surface area (TPSA) is 158 Å². The Hall–Kier alpha value is -3.86. The van der Waals surface area contributed by atoms with E-state index < -0.39 is 74.2 Å². The Morgan fingerprint density at radius 3 is 1.23 bits per heavy atom. The van der Waals surface area contributed by atoms with Crippen LogP contribution >= 0.6 is 0 Å². The number of carbonyl (C=O) groups is 6. The standard InChI is InChI=1S/C14H21F3O6.C12H15F3O6/c1-3-10(2)13(20)23-9-8-22-12(19)5-4-11(18)21-7-6-14(15,16)17;1-2-9(16)20-7-8-21-11(18)4-3-10(17)19-6-5-12(13,14)15/h10H,3-9H2,1-2H3;2H,1,3-8H2. The first-order valence-electron chi connectivity index (χ1n) is 13.1. The first kappa shape index (κ1) is 42.3. The van der Waals surface area contributed by atoms with E-state index in [-0.39, 0.29) is 58.0 Å². The van der Waals surface area contributed by atoms with Crippen LogP contribution in [-0.2, 0) is 57.2 Å². The van der Waals surface area contributed by atoms with Crippen LogP contribution in [0.4, 0.5) is 26.3 Å². The van der Waals surface area contributed by atoms with Gasteiger partial charge in [-0.3, -0.25) is 24.0 Å². The highest BCUT2D eigenvalue weighted by Gasteiger charge is 2.28. The molecule has 12 nitrogen and oxygen atoms in total. The largest absolute Gasteiger partial charge is 0.465 e. The summed E-state index contributed by atoms with van der Waals surface area (Å²) in [5.74, 6) is -4.60. The Kier molecular flexibility index (Phi) is 22.7. The first-order chi connectivity index (χ1) is 20.4. The van der Waals surface area contributed by atoms with Crippen molar-refractivity contribution in [2.75, 3.05) is 39.6 Å². The molecule has 0 saturated heterocycles. The van der Waals surface area contributed by atoms with Gasteiger partial charge in [0.05, 0.1) is 57.7 Å². The van der Waals surface area contributed by atoms with Gasteiger partial charge in [-0.1, -0.05) is 20.4 Å². The zero-order chi connectivity index (χ0) is 34.2. The number of rotatable bonds is 19. The van der Waals surface area contributed by atoms with E-state index in [1.54, 1.807) is 6.92 Å². The molecule has 1 atom stereocenters. The molecule has 18 heteroatoms. The summed E-state index contributed by atoms with van der Waals surface area (Å²) in [5.41, 5.74) is 0. The van der Waals surface area contributed by atoms with Gasteiger partial charge in [-0.05, 0) is 6.42 Å². The molecule has 0 fully saturated rings. The third kappa shape index (κ3) is 29.6. The number of ether oxygens (including phenoxy) is 6. The van der Waals surface area contributed by atoms with Crippen molar-refractivity contribution in [1.29, 1.82) is 0 Å². The molecule has 0 radical (unpaired) electrons. The summed E-state index contributed by atoms with van der Waals surface area (Å²) < 4.78 is 98.1. The molecule has 0 spiro atoms. The second-order valence-electron chi connectivity index (χ2n) is 8.46. The Morgan fingerprint density at radius 1 is 0.591 bits per heavy atom. The maximum absolute atomic E-state index is 11.8. The summed E-state index contributed by atoms with van der Waals surface area (Å²) in [6.45, 7) is 4.55. The number of alkyl halides is 6. The van der Waals surface area contributed by atoms with Gasteiger partial charge in [-0.15, -0.1) is 0 Å². The lowest BCUT2D eigenvalue weighted by atomic mass is 10.1. The van der Waals surface area contributed by atoms with E-state index in [2.05, 4.69) is 25.5 Å². The van der Waals surface area contributed by atoms with Crippen LogP contribution in [0.25, 0.3) is 0 Å². The first-order valence-corrected chi connectivity index (χ1v) is 13.1. The van der Waals surface area contributed by atoms with Gasteiger partial charge in [0.2, 0.25) is 0 Å². The van der Waals surface area contributed by atoms with Crippen molar-refractivity contribution in [3.05, 3.63) is 12.7 Å². The number of hydrogen-bond donors (Lipinski definition) is 0. The molecule has 0 saturated carbocycles. The van der Waals surface area contributed by atoms with E-state index >= 15 is 0 Å². The van der Waals surface area contributed by atoms with Crippen molar-refractivity contribution in [3.63, 3.8) is 0 Å². The molecule has 254 valence electrons. The molecule has 0 heterocycles. The molecule has 1 unspecified atom stereocenters. The summed E-state index contributed by atoms with van der Waals surface area (Å²) in [7, 11) is 0. The van der Waals surface area contributed by atoms with E-state index in [1.807, 2.05) is 6.92 Å². The molecule has 0 aromatic rings. The molecule has 0 aliphatic rings. The highest BCUT2D eigenvalue weighted by molar-refractivity contribution is 5.81. The molecule has 0 N–H and O–H groups in total. The average Bonchev–Trinajstić information content (AvgIpc) is 2.93. The minimum absolute atomic E-state index is 0.0923. The Morgan fingerprint density at radius 2 is 0.909 bits per heavy atom. The molecule has 0 rings (SSSR count). The average molecular weight is 655 g/mol. The Bertz CT molecular complexity index is 918. The van der Waals surface area contributed by atoms with Gasteiger partial charge in [0.25, 0.3) is 0 Å². The molecule has 0 aromatic heterocycles. The lowest BCUT2D eigenvalue weighted by Crippen LogP contribution is -2.19. The van der Waals surface area contributed by atoms with E-state index in [0.29, 0.717) is 6.42 Å². The third-order valence-electron chi connectivity index (χ3n) is 4.73. The Labute approximate surface area is 249 Å². The maximum Gasteiger partial charge on any atom is 0.392 e. The number of hydrogen-bond acceptors (Lipinski definition) is 12. The molecular weight excluding hydrogens is 618 g/mol. The lowest BCUT2D eigenvalue weighted by molar-refractivity contribution is -0.162. The van der Waals surface area contributed by atoms with Crippen molar-refractivity contribution in [2.24, 2.45) is 5.92 Å². The molecule has 0 aliphatic carbocycles. The van der Waals surface area contributed by atoms with Crippen molar-refractivity contribution in [1.82, 2.24) is 0 Å². The van der Waals surface area contributed by atoms with E-state index in [9.17, 15) is 55.1 Å². The number of halogens is 6. The monoisotopic (exact) mass is 654 g/mol. The molecule has 0 bridgehead atoms. The second kappa shape index (κ2) is 23.6. The van der Waals surface area contributed by atoms with Crippen LogP contribution in [0.3, 0.4) is 0 Å². The van der Waals surface area contributed by atoms with E-state index in [0.717, 1.165) is 6.08 Å². The number of esters is 6. The maximum atomic E-state index is 11.8. The highest BCUT2D eigenvalue weighted by atomic mass is 19.4. The van der Waals surface area contributed by atoms with Crippen LogP contribution in [0, 0.1) is 5.92 Å². The number of carbonyl (C=O) groups excluding carboxylic acids is 6. The molecule has 0 aliphatic heterocycles. The fourth-order valence-electron chi connectivity index (χ4n) is 2.22. The van der Waals surface area contributed by atoms with Crippen molar-refractivity contribution in [3.8, 4) is 0 Å². The van der Waals surface area contributed by atoms with Crippen molar-refractivity contribution in [2.45, 2.75) is 71.1 Å². The van der Waals surface area contributed by atoms with Gasteiger partial charge in [0, 0.05) is 6.08 Å². The molecule has 44 heavy (non-hydrogen) atoms. The summed E-state index contributed by atoms with van der Waals surface area (Å²) in [6, 6.07) is 0.